The predicted octanol–water partition coefficient (Wildman–Crippen LogP) is 3.96. The van der Waals surface area contributed by atoms with Crippen molar-refractivity contribution in [3.05, 3.63) is 76.7 Å². The van der Waals surface area contributed by atoms with E-state index in [0.29, 0.717) is 24.1 Å². The molecule has 1 N–H and O–H groups in total. The number of phenolic OH excluding ortho intramolecular Hbond substituents is 1. The normalized spacial score (nSPS) is 11.2. The van der Waals surface area contributed by atoms with E-state index >= 15 is 0 Å². The zero-order chi connectivity index (χ0) is 18.0. The Balaban J connectivity index is 2.40. The maximum absolute atomic E-state index is 12.1. The fourth-order valence-corrected chi connectivity index (χ4v) is 3.07. The second-order valence-electron chi connectivity index (χ2n) is 6.32. The maximum Gasteiger partial charge on any atom is 0.336 e. The summed E-state index contributed by atoms with van der Waals surface area (Å²) in [6.45, 7) is 4.34. The van der Waals surface area contributed by atoms with Crippen molar-refractivity contribution in [2.45, 2.75) is 13.0 Å². The minimum atomic E-state index is -0.434. The highest BCUT2D eigenvalue weighted by Crippen LogP contribution is 2.36. The van der Waals surface area contributed by atoms with Crippen LogP contribution in [0.15, 0.2) is 64.3 Å². The molecule has 3 aromatic rings. The first-order valence-corrected chi connectivity index (χ1v) is 8.14. The molecule has 3 rings (SSSR count). The van der Waals surface area contributed by atoms with E-state index < -0.39 is 5.63 Å². The lowest BCUT2D eigenvalue weighted by molar-refractivity contribution is 0.384. The molecule has 0 saturated carbocycles. The van der Waals surface area contributed by atoms with Crippen molar-refractivity contribution in [3.63, 3.8) is 0 Å². The Labute approximate surface area is 146 Å². The number of hydrogen-bond donors (Lipinski definition) is 1. The number of benzene rings is 2. The van der Waals surface area contributed by atoms with Crippen LogP contribution in [0.1, 0.15) is 11.1 Å². The van der Waals surface area contributed by atoms with Gasteiger partial charge in [0.2, 0.25) is 0 Å². The van der Waals surface area contributed by atoms with Crippen LogP contribution in [0.2, 0.25) is 0 Å². The molecule has 0 atom stereocenters. The topological polar surface area (TPSA) is 53.7 Å². The standard InChI is InChI=1S/C21H21NO3/c1-4-8-16-20(24)15(13-22(2)3)11-18-17(12-19(23)25-21(16)18)14-9-6-5-7-10-14/h4-7,9-12,24H,1,8,13H2,2-3H3. The van der Waals surface area contributed by atoms with Gasteiger partial charge < -0.3 is 14.4 Å². The Morgan fingerprint density at radius 2 is 1.92 bits per heavy atom. The Hall–Kier alpha value is -2.85. The van der Waals surface area contributed by atoms with Gasteiger partial charge in [-0.3, -0.25) is 0 Å². The monoisotopic (exact) mass is 335 g/mol. The second-order valence-corrected chi connectivity index (χ2v) is 6.32. The van der Waals surface area contributed by atoms with Gasteiger partial charge in [0.25, 0.3) is 0 Å². The van der Waals surface area contributed by atoms with E-state index in [9.17, 15) is 9.90 Å². The van der Waals surface area contributed by atoms with E-state index in [4.69, 9.17) is 4.42 Å². The minimum absolute atomic E-state index is 0.162. The van der Waals surface area contributed by atoms with Gasteiger partial charge in [-0.25, -0.2) is 4.79 Å². The van der Waals surface area contributed by atoms with Gasteiger partial charge in [0.1, 0.15) is 11.3 Å². The molecular weight excluding hydrogens is 314 g/mol. The van der Waals surface area contributed by atoms with Crippen LogP contribution in [0, 0.1) is 0 Å². The molecule has 0 aliphatic rings. The third-order valence-electron chi connectivity index (χ3n) is 4.10. The number of phenols is 1. The molecule has 0 aliphatic heterocycles. The SMILES string of the molecule is C=CCc1c(O)c(CN(C)C)cc2c(-c3ccccc3)cc(=O)oc12. The highest BCUT2D eigenvalue weighted by molar-refractivity contribution is 5.96. The first kappa shape index (κ1) is 17.0. The maximum atomic E-state index is 12.1. The van der Waals surface area contributed by atoms with Crippen molar-refractivity contribution in [3.8, 4) is 16.9 Å². The Morgan fingerprint density at radius 3 is 2.56 bits per heavy atom. The van der Waals surface area contributed by atoms with E-state index in [1.807, 2.05) is 55.4 Å². The van der Waals surface area contributed by atoms with Crippen molar-refractivity contribution < 1.29 is 9.52 Å². The third kappa shape index (κ3) is 3.35. The highest BCUT2D eigenvalue weighted by Gasteiger charge is 2.18. The molecule has 0 saturated heterocycles. The van der Waals surface area contributed by atoms with Crippen LogP contribution in [0.3, 0.4) is 0 Å². The molecule has 4 nitrogen and oxygen atoms in total. The van der Waals surface area contributed by atoms with E-state index in [1.54, 1.807) is 6.08 Å². The first-order chi connectivity index (χ1) is 12.0. The third-order valence-corrected chi connectivity index (χ3v) is 4.10. The van der Waals surface area contributed by atoms with Crippen LogP contribution in [0.4, 0.5) is 0 Å². The van der Waals surface area contributed by atoms with Crippen molar-refractivity contribution in [1.82, 2.24) is 4.90 Å². The number of hydrogen-bond acceptors (Lipinski definition) is 4. The van der Waals surface area contributed by atoms with Crippen LogP contribution in [0.25, 0.3) is 22.1 Å². The van der Waals surface area contributed by atoms with Crippen LogP contribution in [-0.2, 0) is 13.0 Å². The molecule has 25 heavy (non-hydrogen) atoms. The Bertz CT molecular complexity index is 972. The van der Waals surface area contributed by atoms with Gasteiger partial charge in [0.05, 0.1) is 0 Å². The van der Waals surface area contributed by atoms with Crippen molar-refractivity contribution in [2.75, 3.05) is 14.1 Å². The first-order valence-electron chi connectivity index (χ1n) is 8.14. The number of fused-ring (bicyclic) bond motifs is 1. The average molecular weight is 335 g/mol. The zero-order valence-electron chi connectivity index (χ0n) is 14.5. The molecule has 0 radical (unpaired) electrons. The predicted molar refractivity (Wildman–Crippen MR) is 101 cm³/mol. The summed E-state index contributed by atoms with van der Waals surface area (Å²) in [5.41, 5.74) is 3.12. The molecule has 2 aromatic carbocycles. The molecule has 1 aromatic heterocycles. The van der Waals surface area contributed by atoms with Crippen molar-refractivity contribution in [1.29, 1.82) is 0 Å². The summed E-state index contributed by atoms with van der Waals surface area (Å²) in [6, 6.07) is 13.1. The van der Waals surface area contributed by atoms with Gasteiger partial charge in [0.15, 0.2) is 0 Å². The van der Waals surface area contributed by atoms with E-state index in [1.165, 1.54) is 6.07 Å². The minimum Gasteiger partial charge on any atom is -0.507 e. The number of rotatable bonds is 5. The summed E-state index contributed by atoms with van der Waals surface area (Å²) < 4.78 is 5.47. The van der Waals surface area contributed by atoms with Crippen LogP contribution in [0.5, 0.6) is 5.75 Å². The van der Waals surface area contributed by atoms with Crippen molar-refractivity contribution in [2.24, 2.45) is 0 Å². The molecule has 0 spiro atoms. The zero-order valence-corrected chi connectivity index (χ0v) is 14.5. The van der Waals surface area contributed by atoms with Gasteiger partial charge in [-0.15, -0.1) is 6.58 Å². The summed E-state index contributed by atoms with van der Waals surface area (Å²) in [5, 5.41) is 11.5. The molecule has 0 unspecified atom stereocenters. The van der Waals surface area contributed by atoms with Gasteiger partial charge >= 0.3 is 5.63 Å². The summed E-state index contributed by atoms with van der Waals surface area (Å²) >= 11 is 0. The molecule has 4 heteroatoms. The Kier molecular flexibility index (Phi) is 4.72. The molecule has 128 valence electrons. The summed E-state index contributed by atoms with van der Waals surface area (Å²) in [7, 11) is 3.89. The summed E-state index contributed by atoms with van der Waals surface area (Å²) in [5.74, 6) is 0.162. The second kappa shape index (κ2) is 6.95. The number of aromatic hydroxyl groups is 1. The fraction of sp³-hybridized carbons (Fsp3) is 0.190. The van der Waals surface area contributed by atoms with Crippen LogP contribution < -0.4 is 5.63 Å². The number of allylic oxidation sites excluding steroid dienone is 1. The smallest absolute Gasteiger partial charge is 0.336 e. The van der Waals surface area contributed by atoms with E-state index in [2.05, 4.69) is 6.58 Å². The molecule has 1 heterocycles. The summed E-state index contributed by atoms with van der Waals surface area (Å²) in [6.07, 6.45) is 2.12. The van der Waals surface area contributed by atoms with Gasteiger partial charge in [0, 0.05) is 29.1 Å². The largest absolute Gasteiger partial charge is 0.507 e. The lowest BCUT2D eigenvalue weighted by Crippen LogP contribution is -2.11. The molecule has 0 fully saturated rings. The van der Waals surface area contributed by atoms with Crippen LogP contribution >= 0.6 is 0 Å². The van der Waals surface area contributed by atoms with Crippen LogP contribution in [-0.4, -0.2) is 24.1 Å². The lowest BCUT2D eigenvalue weighted by Gasteiger charge is -2.16. The van der Waals surface area contributed by atoms with Crippen molar-refractivity contribution >= 4 is 11.0 Å². The van der Waals surface area contributed by atoms with Gasteiger partial charge in [-0.05, 0) is 37.7 Å². The number of nitrogens with zero attached hydrogens (tertiary/aromatic N) is 1. The van der Waals surface area contributed by atoms with E-state index in [-0.39, 0.29) is 5.75 Å². The van der Waals surface area contributed by atoms with Gasteiger partial charge in [-0.2, -0.15) is 0 Å². The Morgan fingerprint density at radius 1 is 1.20 bits per heavy atom. The van der Waals surface area contributed by atoms with Gasteiger partial charge in [-0.1, -0.05) is 36.4 Å². The molecule has 0 bridgehead atoms. The molecular formula is C21H21NO3. The lowest BCUT2D eigenvalue weighted by atomic mass is 9.95. The summed E-state index contributed by atoms with van der Waals surface area (Å²) in [4.78, 5) is 14.1. The highest BCUT2D eigenvalue weighted by atomic mass is 16.4. The fourth-order valence-electron chi connectivity index (χ4n) is 3.07. The molecule has 0 aliphatic carbocycles. The molecule has 0 amide bonds. The average Bonchev–Trinajstić information content (AvgIpc) is 2.59. The quantitative estimate of drug-likeness (QED) is 0.566. The van der Waals surface area contributed by atoms with E-state index in [0.717, 1.165) is 22.1 Å².